The Morgan fingerprint density at radius 3 is 2.43 bits per heavy atom. The molecule has 0 spiro atoms. The normalized spacial score (nSPS) is 15.2. The molecule has 0 unspecified atom stereocenters. The zero-order valence-electron chi connectivity index (χ0n) is 17.1. The molecule has 5 aromatic rings. The van der Waals surface area contributed by atoms with E-state index in [1.807, 2.05) is 0 Å². The van der Waals surface area contributed by atoms with Gasteiger partial charge in [0.25, 0.3) is 5.82 Å². The molecule has 0 bridgehead atoms. The first-order valence-corrected chi connectivity index (χ1v) is 11.1. The molecule has 0 saturated heterocycles. The lowest BCUT2D eigenvalue weighted by molar-refractivity contribution is -0.494. The predicted octanol–water partition coefficient (Wildman–Crippen LogP) is 6.24. The zero-order chi connectivity index (χ0) is 19.9. The first-order valence-electron chi connectivity index (χ1n) is 11.1. The monoisotopic (exact) mass is 392 g/mol. The van der Waals surface area contributed by atoms with Gasteiger partial charge in [0.15, 0.2) is 5.52 Å². The van der Waals surface area contributed by atoms with Gasteiger partial charge < -0.3 is 0 Å². The molecule has 1 aliphatic carbocycles. The molecule has 0 atom stereocenters. The van der Waals surface area contributed by atoms with Crippen molar-refractivity contribution >= 4 is 27.8 Å². The maximum absolute atomic E-state index is 3.96. The van der Waals surface area contributed by atoms with Gasteiger partial charge in [-0.3, -0.25) is 5.32 Å². The van der Waals surface area contributed by atoms with Gasteiger partial charge in [0.2, 0.25) is 5.65 Å². The molecule has 0 radical (unpaired) electrons. The lowest BCUT2D eigenvalue weighted by atomic mass is 9.95. The smallest absolute Gasteiger partial charge is 0.267 e. The van der Waals surface area contributed by atoms with E-state index in [2.05, 4.69) is 99.2 Å². The van der Waals surface area contributed by atoms with Gasteiger partial charge in [-0.2, -0.15) is 0 Å². The summed E-state index contributed by atoms with van der Waals surface area (Å²) < 4.78 is 4.77. The molecule has 1 saturated carbocycles. The van der Waals surface area contributed by atoms with Crippen LogP contribution in [0.3, 0.4) is 0 Å². The largest absolute Gasteiger partial charge is 0.300 e. The summed E-state index contributed by atoms with van der Waals surface area (Å²) in [5, 5.41) is 6.53. The minimum absolute atomic E-state index is 0.542. The van der Waals surface area contributed by atoms with Crippen molar-refractivity contribution in [3.63, 3.8) is 0 Å². The van der Waals surface area contributed by atoms with E-state index >= 15 is 0 Å². The van der Waals surface area contributed by atoms with E-state index < -0.39 is 0 Å². The number of pyridine rings is 2. The van der Waals surface area contributed by atoms with Gasteiger partial charge >= 0.3 is 0 Å². The van der Waals surface area contributed by atoms with Crippen LogP contribution in [0, 0.1) is 0 Å². The number of rotatable bonds is 3. The fourth-order valence-electron chi connectivity index (χ4n) is 5.08. The molecule has 3 heterocycles. The van der Waals surface area contributed by atoms with Crippen molar-refractivity contribution in [2.75, 3.05) is 5.32 Å². The minimum atomic E-state index is 0.542. The number of fused-ring (bicyclic) bond motifs is 5. The molecular formula is C27H26N3+. The highest BCUT2D eigenvalue weighted by Crippen LogP contribution is 2.34. The average Bonchev–Trinajstić information content (AvgIpc) is 3.14. The number of nitrogens with one attached hydrogen (secondary N) is 1. The molecular weight excluding hydrogens is 366 g/mol. The van der Waals surface area contributed by atoms with E-state index in [4.69, 9.17) is 0 Å². The molecule has 3 aromatic heterocycles. The Labute approximate surface area is 176 Å². The highest BCUT2D eigenvalue weighted by atomic mass is 15.2. The average molecular weight is 393 g/mol. The molecule has 1 N–H and O–H groups in total. The van der Waals surface area contributed by atoms with E-state index in [9.17, 15) is 0 Å². The molecule has 30 heavy (non-hydrogen) atoms. The van der Waals surface area contributed by atoms with Crippen molar-refractivity contribution in [3.8, 4) is 11.3 Å². The Kier molecular flexibility index (Phi) is 4.19. The van der Waals surface area contributed by atoms with E-state index in [1.165, 1.54) is 71.1 Å². The van der Waals surface area contributed by atoms with Crippen molar-refractivity contribution in [2.45, 2.75) is 38.1 Å². The molecule has 2 aromatic carbocycles. The summed E-state index contributed by atoms with van der Waals surface area (Å²) in [6.45, 7) is 0. The minimum Gasteiger partial charge on any atom is -0.300 e. The highest BCUT2D eigenvalue weighted by Gasteiger charge is 2.27. The van der Waals surface area contributed by atoms with Crippen LogP contribution < -0.4 is 9.72 Å². The van der Waals surface area contributed by atoms with Crippen molar-refractivity contribution in [2.24, 2.45) is 0 Å². The Hall–Kier alpha value is -3.33. The summed E-state index contributed by atoms with van der Waals surface area (Å²) >= 11 is 0. The van der Waals surface area contributed by atoms with E-state index in [0.29, 0.717) is 6.04 Å². The predicted molar refractivity (Wildman–Crippen MR) is 124 cm³/mol. The second-order valence-corrected chi connectivity index (χ2v) is 8.42. The first-order chi connectivity index (χ1) is 14.9. The third-order valence-corrected chi connectivity index (χ3v) is 6.52. The molecule has 1 fully saturated rings. The number of hydrogen-bond acceptors (Lipinski definition) is 1. The third-order valence-electron chi connectivity index (χ3n) is 6.52. The van der Waals surface area contributed by atoms with Gasteiger partial charge in [0, 0.05) is 17.0 Å². The van der Waals surface area contributed by atoms with Crippen LogP contribution in [0.2, 0.25) is 0 Å². The van der Waals surface area contributed by atoms with E-state index in [1.54, 1.807) is 0 Å². The number of aromatic nitrogens is 2. The second kappa shape index (κ2) is 7.17. The van der Waals surface area contributed by atoms with Crippen LogP contribution in [0.4, 0.5) is 5.82 Å². The summed E-state index contributed by atoms with van der Waals surface area (Å²) in [5.41, 5.74) is 4.92. The number of imidazole rings is 1. The lowest BCUT2D eigenvalue weighted by Crippen LogP contribution is -2.30. The summed E-state index contributed by atoms with van der Waals surface area (Å²) in [7, 11) is 0. The molecule has 0 amide bonds. The molecule has 1 aliphatic rings. The van der Waals surface area contributed by atoms with Crippen molar-refractivity contribution < 1.29 is 4.40 Å². The van der Waals surface area contributed by atoms with E-state index in [0.717, 1.165) is 0 Å². The molecule has 3 nitrogen and oxygen atoms in total. The molecule has 0 aliphatic heterocycles. The standard InChI is InChI=1S/C27H26N3/c1-3-11-20(12-4-1)24-19-21-13-7-8-16-23(21)26-27(28-22-14-5-2-6-15-22)29-18-10-9-17-25(29)30(24)26/h1,3-4,7-13,16-19,22,28H,2,5-6,14-15H2/q+1. The van der Waals surface area contributed by atoms with Crippen LogP contribution in [-0.4, -0.2) is 10.4 Å². The van der Waals surface area contributed by atoms with Crippen molar-refractivity contribution in [1.82, 2.24) is 4.40 Å². The summed E-state index contributed by atoms with van der Waals surface area (Å²) in [4.78, 5) is 0. The number of hydrogen-bond donors (Lipinski definition) is 1. The fourth-order valence-corrected chi connectivity index (χ4v) is 5.08. The fraction of sp³-hybridized carbons (Fsp3) is 0.222. The molecule has 148 valence electrons. The molecule has 6 rings (SSSR count). The van der Waals surface area contributed by atoms with Crippen LogP contribution in [0.1, 0.15) is 32.1 Å². The van der Waals surface area contributed by atoms with Crippen LogP contribution in [0.5, 0.6) is 0 Å². The van der Waals surface area contributed by atoms with Gasteiger partial charge in [-0.1, -0.05) is 79.9 Å². The van der Waals surface area contributed by atoms with Gasteiger partial charge in [0.1, 0.15) is 5.69 Å². The zero-order valence-corrected chi connectivity index (χ0v) is 17.1. The van der Waals surface area contributed by atoms with Crippen molar-refractivity contribution in [3.05, 3.63) is 85.1 Å². The first kappa shape index (κ1) is 17.5. The van der Waals surface area contributed by atoms with E-state index in [-0.39, 0.29) is 0 Å². The maximum atomic E-state index is 3.96. The quantitative estimate of drug-likeness (QED) is 0.360. The van der Waals surface area contributed by atoms with Crippen LogP contribution >= 0.6 is 0 Å². The van der Waals surface area contributed by atoms with Gasteiger partial charge in [-0.15, -0.1) is 0 Å². The SMILES string of the molecule is c1ccc(-c2cc3ccccc3c3c(NC4CCCCC4)[n+]4ccccc4n23)cc1. The van der Waals surface area contributed by atoms with Crippen LogP contribution in [0.25, 0.3) is 33.2 Å². The Bertz CT molecular complexity index is 1340. The lowest BCUT2D eigenvalue weighted by Gasteiger charge is -2.20. The molecule has 3 heteroatoms. The Morgan fingerprint density at radius 1 is 0.800 bits per heavy atom. The number of anilines is 1. The van der Waals surface area contributed by atoms with Gasteiger partial charge in [-0.05, 0) is 30.4 Å². The topological polar surface area (TPSA) is 20.5 Å². The van der Waals surface area contributed by atoms with Crippen LogP contribution in [0.15, 0.2) is 85.1 Å². The third kappa shape index (κ3) is 2.77. The Balaban J connectivity index is 1.73. The second-order valence-electron chi connectivity index (χ2n) is 8.42. The maximum Gasteiger partial charge on any atom is 0.267 e. The summed E-state index contributed by atoms with van der Waals surface area (Å²) in [5.74, 6) is 1.21. The summed E-state index contributed by atoms with van der Waals surface area (Å²) in [6, 6.07) is 28.9. The van der Waals surface area contributed by atoms with Crippen molar-refractivity contribution in [1.29, 1.82) is 0 Å². The van der Waals surface area contributed by atoms with Crippen LogP contribution in [-0.2, 0) is 0 Å². The number of nitrogens with zero attached hydrogens (tertiary/aromatic N) is 2. The summed E-state index contributed by atoms with van der Waals surface area (Å²) in [6.07, 6.45) is 8.70. The Morgan fingerprint density at radius 2 is 1.57 bits per heavy atom. The van der Waals surface area contributed by atoms with Gasteiger partial charge in [0.05, 0.1) is 12.2 Å². The number of benzene rings is 2. The van der Waals surface area contributed by atoms with Gasteiger partial charge in [-0.25, -0.2) is 8.80 Å². The highest BCUT2D eigenvalue weighted by molar-refractivity contribution is 6.03.